The van der Waals surface area contributed by atoms with Crippen molar-refractivity contribution in [3.8, 4) is 0 Å². The van der Waals surface area contributed by atoms with Gasteiger partial charge in [-0.2, -0.15) is 13.2 Å². The van der Waals surface area contributed by atoms with Crippen LogP contribution in [0.5, 0.6) is 0 Å². The third kappa shape index (κ3) is 6.51. The summed E-state index contributed by atoms with van der Waals surface area (Å²) in [5.74, 6) is -0.632. The molecule has 1 aliphatic rings. The van der Waals surface area contributed by atoms with E-state index in [4.69, 9.17) is 4.74 Å². The van der Waals surface area contributed by atoms with Crippen LogP contribution in [0.4, 0.5) is 23.7 Å². The predicted octanol–water partition coefficient (Wildman–Crippen LogP) is 5.19. The summed E-state index contributed by atoms with van der Waals surface area (Å²) >= 11 is 0. The lowest BCUT2D eigenvalue weighted by Gasteiger charge is -2.40. The average molecular weight is 444 g/mol. The molecular weight excluding hydrogens is 413 g/mol. The van der Waals surface area contributed by atoms with Crippen LogP contribution in [0.1, 0.15) is 57.0 Å². The van der Waals surface area contributed by atoms with Gasteiger partial charge in [-0.1, -0.05) is 6.92 Å². The third-order valence-electron chi connectivity index (χ3n) is 5.39. The quantitative estimate of drug-likeness (QED) is 0.648. The van der Waals surface area contributed by atoms with Crippen LogP contribution in [0.15, 0.2) is 18.2 Å². The second-order valence-corrected chi connectivity index (χ2v) is 9.04. The molecule has 2 rings (SSSR count). The molecule has 0 aliphatic carbocycles. The summed E-state index contributed by atoms with van der Waals surface area (Å²) in [6.07, 6.45) is -4.33. The minimum absolute atomic E-state index is 0.0292. The van der Waals surface area contributed by atoms with Gasteiger partial charge in [0.1, 0.15) is 5.60 Å². The van der Waals surface area contributed by atoms with Gasteiger partial charge in [-0.05, 0) is 64.2 Å². The number of nitrogens with zero attached hydrogens (tertiary/aromatic N) is 1. The van der Waals surface area contributed by atoms with Gasteiger partial charge in [0.2, 0.25) is 0 Å². The predicted molar refractivity (Wildman–Crippen MR) is 111 cm³/mol. The number of alkyl halides is 3. The van der Waals surface area contributed by atoms with Gasteiger partial charge in [0.25, 0.3) is 0 Å². The molecule has 1 aromatic rings. The first-order valence-electron chi connectivity index (χ1n) is 10.3. The number of ether oxygens (including phenoxy) is 2. The van der Waals surface area contributed by atoms with Gasteiger partial charge in [0, 0.05) is 24.8 Å². The lowest BCUT2D eigenvalue weighted by Crippen LogP contribution is -2.48. The van der Waals surface area contributed by atoms with E-state index in [-0.39, 0.29) is 35.2 Å². The summed E-state index contributed by atoms with van der Waals surface area (Å²) in [7, 11) is 1.18. The third-order valence-corrected chi connectivity index (χ3v) is 5.39. The zero-order chi connectivity index (χ0) is 23.6. The molecule has 0 radical (unpaired) electrons. The number of halogens is 3. The van der Waals surface area contributed by atoms with Crippen LogP contribution >= 0.6 is 0 Å². The number of hydrogen-bond donors (Lipinski definition) is 1. The molecule has 3 atom stereocenters. The topological polar surface area (TPSA) is 67.9 Å². The first-order valence-corrected chi connectivity index (χ1v) is 10.3. The summed E-state index contributed by atoms with van der Waals surface area (Å²) in [6, 6.07) is 2.85. The number of piperidine rings is 1. The molecule has 0 aromatic heterocycles. The van der Waals surface area contributed by atoms with Gasteiger partial charge >= 0.3 is 18.2 Å². The lowest BCUT2D eigenvalue weighted by atomic mass is 9.82. The van der Waals surface area contributed by atoms with E-state index < -0.39 is 23.3 Å². The highest BCUT2D eigenvalue weighted by Crippen LogP contribution is 2.37. The highest BCUT2D eigenvalue weighted by Gasteiger charge is 2.37. The second kappa shape index (κ2) is 9.36. The number of nitrogens with one attached hydrogen (secondary N) is 1. The number of amides is 1. The van der Waals surface area contributed by atoms with Crippen molar-refractivity contribution in [2.75, 3.05) is 25.5 Å². The normalized spacial score (nSPS) is 20.7. The Hall–Kier alpha value is -2.45. The molecule has 1 amide bonds. The van der Waals surface area contributed by atoms with Crippen molar-refractivity contribution in [2.45, 2.75) is 58.9 Å². The van der Waals surface area contributed by atoms with E-state index in [0.717, 1.165) is 12.1 Å². The molecule has 6 nitrogen and oxygen atoms in total. The van der Waals surface area contributed by atoms with Gasteiger partial charge in [0.05, 0.1) is 18.2 Å². The SMILES string of the molecule is COC(=O)c1ccc(C(F)(F)F)c(N[C@@H](C)[C@H]2CCN(C(=O)OC(C)(C)C)C[C@H]2C)c1. The van der Waals surface area contributed by atoms with Crippen LogP contribution in [-0.4, -0.2) is 48.8 Å². The molecule has 31 heavy (non-hydrogen) atoms. The minimum Gasteiger partial charge on any atom is -0.465 e. The van der Waals surface area contributed by atoms with E-state index in [1.165, 1.54) is 13.2 Å². The van der Waals surface area contributed by atoms with Crippen molar-refractivity contribution in [2.24, 2.45) is 11.8 Å². The van der Waals surface area contributed by atoms with Gasteiger partial charge in [-0.25, -0.2) is 9.59 Å². The summed E-state index contributed by atoms with van der Waals surface area (Å²) < 4.78 is 50.5. The molecule has 1 aromatic carbocycles. The standard InChI is InChI=1S/C22H31F3N2O4/c1-13-12-27(20(29)31-21(3,4)5)10-9-16(13)14(2)26-18-11-15(19(28)30-6)7-8-17(18)22(23,24)25/h7-8,11,13-14,16,26H,9-10,12H2,1-6H3/t13-,14+,16+/m1/s1. The summed E-state index contributed by atoms with van der Waals surface area (Å²) in [4.78, 5) is 25.8. The van der Waals surface area contributed by atoms with Crippen LogP contribution in [-0.2, 0) is 15.7 Å². The maximum absolute atomic E-state index is 13.5. The minimum atomic E-state index is -4.57. The number of rotatable bonds is 4. The smallest absolute Gasteiger partial charge is 0.418 e. The number of esters is 1. The zero-order valence-corrected chi connectivity index (χ0v) is 18.8. The Bertz CT molecular complexity index is 805. The highest BCUT2D eigenvalue weighted by atomic mass is 19.4. The van der Waals surface area contributed by atoms with Crippen molar-refractivity contribution >= 4 is 17.7 Å². The molecule has 1 N–H and O–H groups in total. The molecule has 0 unspecified atom stereocenters. The van der Waals surface area contributed by atoms with Crippen LogP contribution in [0.2, 0.25) is 0 Å². The average Bonchev–Trinajstić information content (AvgIpc) is 2.64. The van der Waals surface area contributed by atoms with Crippen molar-refractivity contribution in [3.63, 3.8) is 0 Å². The number of likely N-dealkylation sites (tertiary alicyclic amines) is 1. The largest absolute Gasteiger partial charge is 0.465 e. The number of anilines is 1. The van der Waals surface area contributed by atoms with Crippen molar-refractivity contribution in [1.82, 2.24) is 4.90 Å². The Kier molecular flexibility index (Phi) is 7.49. The van der Waals surface area contributed by atoms with E-state index in [1.807, 2.05) is 13.8 Å². The van der Waals surface area contributed by atoms with Gasteiger partial charge in [-0.3, -0.25) is 0 Å². The zero-order valence-electron chi connectivity index (χ0n) is 18.8. The Morgan fingerprint density at radius 2 is 1.87 bits per heavy atom. The molecule has 0 saturated carbocycles. The fraction of sp³-hybridized carbons (Fsp3) is 0.636. The number of methoxy groups -OCH3 is 1. The molecular formula is C22H31F3N2O4. The molecule has 1 fully saturated rings. The van der Waals surface area contributed by atoms with Gasteiger partial charge < -0.3 is 19.7 Å². The van der Waals surface area contributed by atoms with Crippen LogP contribution in [0.25, 0.3) is 0 Å². The van der Waals surface area contributed by atoms with Gasteiger partial charge in [-0.15, -0.1) is 0 Å². The van der Waals surface area contributed by atoms with E-state index in [0.29, 0.717) is 19.5 Å². The van der Waals surface area contributed by atoms with Crippen LogP contribution in [0.3, 0.4) is 0 Å². The molecule has 1 saturated heterocycles. The molecule has 1 aliphatic heterocycles. The first kappa shape index (κ1) is 24.8. The molecule has 0 spiro atoms. The summed E-state index contributed by atoms with van der Waals surface area (Å²) in [6.45, 7) is 10.1. The summed E-state index contributed by atoms with van der Waals surface area (Å²) in [5, 5.41) is 2.96. The van der Waals surface area contributed by atoms with E-state index in [2.05, 4.69) is 10.1 Å². The lowest BCUT2D eigenvalue weighted by molar-refractivity contribution is -0.137. The van der Waals surface area contributed by atoms with Crippen molar-refractivity contribution < 1.29 is 32.2 Å². The Balaban J connectivity index is 2.15. The second-order valence-electron chi connectivity index (χ2n) is 9.04. The van der Waals surface area contributed by atoms with Crippen LogP contribution in [0, 0.1) is 11.8 Å². The molecule has 0 bridgehead atoms. The van der Waals surface area contributed by atoms with E-state index in [9.17, 15) is 22.8 Å². The van der Waals surface area contributed by atoms with Crippen LogP contribution < -0.4 is 5.32 Å². The summed E-state index contributed by atoms with van der Waals surface area (Å²) in [5.41, 5.74) is -1.56. The fourth-order valence-electron chi connectivity index (χ4n) is 3.91. The monoisotopic (exact) mass is 444 g/mol. The van der Waals surface area contributed by atoms with Crippen molar-refractivity contribution in [3.05, 3.63) is 29.3 Å². The Morgan fingerprint density at radius 1 is 1.23 bits per heavy atom. The molecule has 174 valence electrons. The molecule has 9 heteroatoms. The van der Waals surface area contributed by atoms with Gasteiger partial charge in [0.15, 0.2) is 0 Å². The fourth-order valence-corrected chi connectivity index (χ4v) is 3.91. The highest BCUT2D eigenvalue weighted by molar-refractivity contribution is 5.90. The maximum Gasteiger partial charge on any atom is 0.418 e. The molecule has 1 heterocycles. The number of carbonyl (C=O) groups is 2. The number of hydrogen-bond acceptors (Lipinski definition) is 5. The van der Waals surface area contributed by atoms with E-state index in [1.54, 1.807) is 25.7 Å². The van der Waals surface area contributed by atoms with Crippen molar-refractivity contribution in [1.29, 1.82) is 0 Å². The Labute approximate surface area is 181 Å². The maximum atomic E-state index is 13.5. The first-order chi connectivity index (χ1) is 14.2. The number of carbonyl (C=O) groups excluding carboxylic acids is 2. The number of benzene rings is 1. The van der Waals surface area contributed by atoms with E-state index >= 15 is 0 Å². The Morgan fingerprint density at radius 3 is 2.39 bits per heavy atom.